The number of nitrogens with two attached hydrogens (primary N) is 1. The highest BCUT2D eigenvalue weighted by Gasteiger charge is 2.09. The van der Waals surface area contributed by atoms with Gasteiger partial charge in [0, 0.05) is 17.2 Å². The van der Waals surface area contributed by atoms with Crippen molar-refractivity contribution in [2.75, 3.05) is 13.1 Å². The third-order valence-corrected chi connectivity index (χ3v) is 3.53. The van der Waals surface area contributed by atoms with Gasteiger partial charge in [-0.25, -0.2) is 4.99 Å². The van der Waals surface area contributed by atoms with Crippen LogP contribution in [0.25, 0.3) is 0 Å². The second-order valence-electron chi connectivity index (χ2n) is 3.48. The molecule has 0 fully saturated rings. The first kappa shape index (κ1) is 13.8. The number of hydrogen-bond acceptors (Lipinski definition) is 2. The summed E-state index contributed by atoms with van der Waals surface area (Å²) in [5.41, 5.74) is 1.26. The molecule has 0 unspecified atom stereocenters. The summed E-state index contributed by atoms with van der Waals surface area (Å²) in [6.45, 7) is 2.15. The normalized spacial score (nSPS) is 15.2. The van der Waals surface area contributed by atoms with Crippen LogP contribution in [0, 0.1) is 0 Å². The van der Waals surface area contributed by atoms with Gasteiger partial charge in [0.2, 0.25) is 0 Å². The van der Waals surface area contributed by atoms with Gasteiger partial charge in [-0.05, 0) is 29.5 Å². The summed E-state index contributed by atoms with van der Waals surface area (Å²) in [5.74, 6) is 0.954. The van der Waals surface area contributed by atoms with Crippen molar-refractivity contribution in [1.82, 2.24) is 0 Å². The molecule has 88 valence electrons. The fourth-order valence-electron chi connectivity index (χ4n) is 1.46. The van der Waals surface area contributed by atoms with Gasteiger partial charge in [0.15, 0.2) is 0 Å². The number of quaternary nitrogens is 1. The van der Waals surface area contributed by atoms with Crippen LogP contribution in [0.2, 0.25) is 5.02 Å². The Morgan fingerprint density at radius 3 is 3.00 bits per heavy atom. The van der Waals surface area contributed by atoms with E-state index in [0.29, 0.717) is 0 Å². The van der Waals surface area contributed by atoms with Crippen molar-refractivity contribution >= 4 is 28.5 Å². The van der Waals surface area contributed by atoms with Crippen molar-refractivity contribution in [2.24, 2.45) is 4.99 Å². The molecular formula is C11H14Cl2N2S. The Morgan fingerprint density at radius 1 is 1.44 bits per heavy atom. The first-order valence-electron chi connectivity index (χ1n) is 5.09. The molecule has 2 nitrogen and oxygen atoms in total. The number of nitrogens with zero attached hydrogens (tertiary/aromatic N) is 1. The summed E-state index contributed by atoms with van der Waals surface area (Å²) < 4.78 is 0. The van der Waals surface area contributed by atoms with E-state index in [1.165, 1.54) is 23.7 Å². The second kappa shape index (κ2) is 7.17. The molecule has 2 N–H and O–H groups in total. The maximum absolute atomic E-state index is 5.92. The van der Waals surface area contributed by atoms with Crippen molar-refractivity contribution in [1.29, 1.82) is 0 Å². The minimum atomic E-state index is 0. The minimum absolute atomic E-state index is 0. The molecule has 1 aromatic carbocycles. The standard InChI is InChI=1S/C11H13ClN2S.ClH/c12-10-4-1-3-9(7-10)8-15-11-13-5-2-6-14-11;/h1,3-4,7H,2,5-6,8H2,(H,13,14);1H. The summed E-state index contributed by atoms with van der Waals surface area (Å²) in [6.07, 6.45) is 1.20. The fraction of sp³-hybridized carbons (Fsp3) is 0.364. The highest BCUT2D eigenvalue weighted by molar-refractivity contribution is 8.12. The quantitative estimate of drug-likeness (QED) is 0.730. The van der Waals surface area contributed by atoms with Crippen molar-refractivity contribution < 1.29 is 17.7 Å². The van der Waals surface area contributed by atoms with Gasteiger partial charge < -0.3 is 12.4 Å². The molecular weight excluding hydrogens is 263 g/mol. The molecule has 1 aromatic rings. The highest BCUT2D eigenvalue weighted by Crippen LogP contribution is 2.16. The van der Waals surface area contributed by atoms with Gasteiger partial charge in [0.1, 0.15) is 0 Å². The SMILES string of the molecule is Clc1cccc(CSC2=NCCC[NH2+]2)c1.[Cl-]. The predicted molar refractivity (Wildman–Crippen MR) is 66.5 cm³/mol. The molecule has 0 saturated heterocycles. The first-order valence-corrected chi connectivity index (χ1v) is 6.46. The molecule has 0 spiro atoms. The van der Waals surface area contributed by atoms with E-state index < -0.39 is 0 Å². The van der Waals surface area contributed by atoms with Gasteiger partial charge in [-0.2, -0.15) is 0 Å². The smallest absolute Gasteiger partial charge is 0.256 e. The van der Waals surface area contributed by atoms with E-state index in [2.05, 4.69) is 16.4 Å². The van der Waals surface area contributed by atoms with Crippen LogP contribution in [-0.2, 0) is 5.75 Å². The lowest BCUT2D eigenvalue weighted by atomic mass is 10.2. The Morgan fingerprint density at radius 2 is 2.31 bits per heavy atom. The Labute approximate surface area is 111 Å². The Balaban J connectivity index is 0.00000128. The number of thioether (sulfide) groups is 1. The third-order valence-electron chi connectivity index (χ3n) is 2.22. The van der Waals surface area contributed by atoms with Crippen LogP contribution in [0.3, 0.4) is 0 Å². The summed E-state index contributed by atoms with van der Waals surface area (Å²) in [4.78, 5) is 4.46. The molecule has 16 heavy (non-hydrogen) atoms. The topological polar surface area (TPSA) is 29.0 Å². The van der Waals surface area contributed by atoms with Gasteiger partial charge in [0.05, 0.1) is 13.1 Å². The predicted octanol–water partition coefficient (Wildman–Crippen LogP) is -1.10. The van der Waals surface area contributed by atoms with Gasteiger partial charge in [-0.3, -0.25) is 5.32 Å². The molecule has 1 aliphatic rings. The molecule has 1 heterocycles. The second-order valence-corrected chi connectivity index (χ2v) is 4.92. The lowest BCUT2D eigenvalue weighted by molar-refractivity contribution is -0.537. The van der Waals surface area contributed by atoms with Crippen LogP contribution in [0.4, 0.5) is 0 Å². The first-order chi connectivity index (χ1) is 7.34. The zero-order valence-corrected chi connectivity index (χ0v) is 11.2. The molecule has 1 aliphatic heterocycles. The summed E-state index contributed by atoms with van der Waals surface area (Å²) in [5, 5.41) is 4.21. The number of amidine groups is 1. The van der Waals surface area contributed by atoms with E-state index >= 15 is 0 Å². The number of aliphatic imine (C=N–C) groups is 1. The largest absolute Gasteiger partial charge is 1.00 e. The molecule has 2 rings (SSSR count). The zero-order valence-electron chi connectivity index (χ0n) is 8.83. The third kappa shape index (κ3) is 4.34. The van der Waals surface area contributed by atoms with Crippen LogP contribution in [-0.4, -0.2) is 18.3 Å². The molecule has 0 amide bonds. The fourth-order valence-corrected chi connectivity index (χ4v) is 2.58. The van der Waals surface area contributed by atoms with E-state index in [1.807, 2.05) is 18.2 Å². The summed E-state index contributed by atoms with van der Waals surface area (Å²) >= 11 is 7.71. The molecule has 0 radical (unpaired) electrons. The number of halogens is 2. The van der Waals surface area contributed by atoms with E-state index in [0.717, 1.165) is 17.3 Å². The van der Waals surface area contributed by atoms with Gasteiger partial charge >= 0.3 is 0 Å². The minimum Gasteiger partial charge on any atom is -1.00 e. The Hall–Kier alpha value is -0.220. The molecule has 0 aromatic heterocycles. The lowest BCUT2D eigenvalue weighted by Crippen LogP contribution is -3.00. The molecule has 0 aliphatic carbocycles. The van der Waals surface area contributed by atoms with Crippen molar-refractivity contribution in [3.05, 3.63) is 34.9 Å². The molecule has 0 bridgehead atoms. The summed E-state index contributed by atoms with van der Waals surface area (Å²) in [7, 11) is 0. The van der Waals surface area contributed by atoms with E-state index in [9.17, 15) is 0 Å². The van der Waals surface area contributed by atoms with Gasteiger partial charge in [-0.1, -0.05) is 23.7 Å². The maximum Gasteiger partial charge on any atom is 0.256 e. The number of benzene rings is 1. The zero-order chi connectivity index (χ0) is 10.5. The van der Waals surface area contributed by atoms with Gasteiger partial charge in [-0.15, -0.1) is 0 Å². The van der Waals surface area contributed by atoms with Crippen LogP contribution in [0.15, 0.2) is 29.3 Å². The van der Waals surface area contributed by atoms with E-state index in [-0.39, 0.29) is 12.4 Å². The van der Waals surface area contributed by atoms with Gasteiger partial charge in [0.25, 0.3) is 5.17 Å². The van der Waals surface area contributed by atoms with Crippen LogP contribution in [0.5, 0.6) is 0 Å². The van der Waals surface area contributed by atoms with Crippen molar-refractivity contribution in [2.45, 2.75) is 12.2 Å². The average molecular weight is 277 g/mol. The lowest BCUT2D eigenvalue weighted by Gasteiger charge is -2.08. The van der Waals surface area contributed by atoms with E-state index in [1.54, 1.807) is 11.8 Å². The van der Waals surface area contributed by atoms with E-state index in [4.69, 9.17) is 11.6 Å². The van der Waals surface area contributed by atoms with Crippen LogP contribution < -0.4 is 17.7 Å². The maximum atomic E-state index is 5.92. The molecule has 0 saturated carbocycles. The summed E-state index contributed by atoms with van der Waals surface area (Å²) in [6, 6.07) is 8.00. The monoisotopic (exact) mass is 276 g/mol. The van der Waals surface area contributed by atoms with Crippen molar-refractivity contribution in [3.63, 3.8) is 0 Å². The number of rotatable bonds is 2. The Kier molecular flexibility index (Phi) is 6.21. The molecule has 0 atom stereocenters. The van der Waals surface area contributed by atoms with Crippen molar-refractivity contribution in [3.8, 4) is 0 Å². The average Bonchev–Trinajstić information content (AvgIpc) is 2.28. The van der Waals surface area contributed by atoms with Crippen LogP contribution >= 0.6 is 23.4 Å². The molecule has 5 heteroatoms. The Bertz CT molecular complexity index is 369. The van der Waals surface area contributed by atoms with Crippen LogP contribution in [0.1, 0.15) is 12.0 Å². The number of hydrogen-bond donors (Lipinski definition) is 1. The highest BCUT2D eigenvalue weighted by atomic mass is 35.5.